The van der Waals surface area contributed by atoms with Crippen molar-refractivity contribution >= 4 is 17.7 Å². The second-order valence-electron chi connectivity index (χ2n) is 8.62. The van der Waals surface area contributed by atoms with E-state index < -0.39 is 23.5 Å². The molecule has 0 unspecified atom stereocenters. The van der Waals surface area contributed by atoms with Gasteiger partial charge in [-0.2, -0.15) is 0 Å². The van der Waals surface area contributed by atoms with Crippen LogP contribution in [0.5, 0.6) is 0 Å². The molecule has 180 valence electrons. The Morgan fingerprint density at radius 3 is 2.43 bits per heavy atom. The summed E-state index contributed by atoms with van der Waals surface area (Å²) in [6.07, 6.45) is 1.51. The standard InChI is InChI=1S/C28H28N2O5/c1-3-35-26(32)17-23(19-14-12-18(2)13-15-19)29-27(33)22-16-21-24(10-7-11-25(21)31)30(28(22)34)20-8-5-4-6-9-20/h4-6,8-9,12-16,23H,3,7,10-11,17H2,1-2H3,(H,29,33)/t23-/m1/s1. The number of aryl methyl sites for hydroxylation is 1. The average molecular weight is 473 g/mol. The number of hydrogen-bond acceptors (Lipinski definition) is 5. The van der Waals surface area contributed by atoms with Gasteiger partial charge in [-0.25, -0.2) is 0 Å². The SMILES string of the molecule is CCOC(=O)C[C@@H](NC(=O)c1cc2c(n(-c3ccccc3)c1=O)CCCC2=O)c1ccc(C)cc1. The van der Waals surface area contributed by atoms with E-state index in [2.05, 4.69) is 5.32 Å². The van der Waals surface area contributed by atoms with Gasteiger partial charge in [0, 0.05) is 23.4 Å². The number of carbonyl (C=O) groups excluding carboxylic acids is 3. The van der Waals surface area contributed by atoms with E-state index >= 15 is 0 Å². The average Bonchev–Trinajstić information content (AvgIpc) is 2.84. The third-order valence-corrected chi connectivity index (χ3v) is 6.14. The number of rotatable bonds is 7. The summed E-state index contributed by atoms with van der Waals surface area (Å²) in [7, 11) is 0. The molecule has 1 aromatic heterocycles. The highest BCUT2D eigenvalue weighted by Crippen LogP contribution is 2.24. The van der Waals surface area contributed by atoms with Crippen LogP contribution >= 0.6 is 0 Å². The zero-order chi connectivity index (χ0) is 24.9. The third-order valence-electron chi connectivity index (χ3n) is 6.14. The molecule has 2 aromatic carbocycles. The predicted octanol–water partition coefficient (Wildman–Crippen LogP) is 4.09. The van der Waals surface area contributed by atoms with Gasteiger partial charge < -0.3 is 10.1 Å². The van der Waals surface area contributed by atoms with Crippen molar-refractivity contribution in [3.63, 3.8) is 0 Å². The maximum Gasteiger partial charge on any atom is 0.308 e. The minimum Gasteiger partial charge on any atom is -0.466 e. The predicted molar refractivity (Wildman–Crippen MR) is 132 cm³/mol. The summed E-state index contributed by atoms with van der Waals surface area (Å²) in [5.41, 5.74) is 2.73. The minimum absolute atomic E-state index is 0.0839. The Balaban J connectivity index is 1.76. The molecule has 3 aromatic rings. The van der Waals surface area contributed by atoms with Gasteiger partial charge in [-0.1, -0.05) is 48.0 Å². The van der Waals surface area contributed by atoms with Gasteiger partial charge in [0.25, 0.3) is 11.5 Å². The van der Waals surface area contributed by atoms with Crippen LogP contribution in [0, 0.1) is 6.92 Å². The number of nitrogens with one attached hydrogen (secondary N) is 1. The Morgan fingerprint density at radius 1 is 1.03 bits per heavy atom. The lowest BCUT2D eigenvalue weighted by atomic mass is 9.92. The summed E-state index contributed by atoms with van der Waals surface area (Å²) < 4.78 is 6.56. The summed E-state index contributed by atoms with van der Waals surface area (Å²) in [6.45, 7) is 3.88. The zero-order valence-corrected chi connectivity index (χ0v) is 19.9. The highest BCUT2D eigenvalue weighted by Gasteiger charge is 2.28. The number of amides is 1. The third kappa shape index (κ3) is 5.24. The van der Waals surface area contributed by atoms with E-state index in [1.54, 1.807) is 31.2 Å². The molecule has 35 heavy (non-hydrogen) atoms. The molecule has 4 rings (SSSR count). The molecule has 0 radical (unpaired) electrons. The van der Waals surface area contributed by atoms with Crippen molar-refractivity contribution in [3.05, 3.63) is 99.0 Å². The number of benzene rings is 2. The van der Waals surface area contributed by atoms with E-state index in [1.807, 2.05) is 37.3 Å². The molecule has 0 fully saturated rings. The van der Waals surface area contributed by atoms with Crippen LogP contribution in [0.15, 0.2) is 65.5 Å². The van der Waals surface area contributed by atoms with Crippen LogP contribution in [0.2, 0.25) is 0 Å². The molecule has 7 heteroatoms. The number of Topliss-reactive ketones (excluding diaryl/α,β-unsaturated/α-hetero) is 1. The number of hydrogen-bond donors (Lipinski definition) is 1. The molecule has 0 spiro atoms. The fourth-order valence-corrected chi connectivity index (χ4v) is 4.38. The van der Waals surface area contributed by atoms with E-state index in [-0.39, 0.29) is 24.4 Å². The van der Waals surface area contributed by atoms with Gasteiger partial charge in [-0.3, -0.25) is 23.7 Å². The number of ketones is 1. The number of pyridine rings is 1. The molecule has 0 bridgehead atoms. The van der Waals surface area contributed by atoms with Crippen molar-refractivity contribution in [2.75, 3.05) is 6.61 Å². The lowest BCUT2D eigenvalue weighted by molar-refractivity contribution is -0.143. The van der Waals surface area contributed by atoms with Gasteiger partial charge >= 0.3 is 5.97 Å². The summed E-state index contributed by atoms with van der Waals surface area (Å²) >= 11 is 0. The highest BCUT2D eigenvalue weighted by molar-refractivity contribution is 6.02. The van der Waals surface area contributed by atoms with Crippen LogP contribution in [0.1, 0.15) is 69.8 Å². The first kappa shape index (κ1) is 24.1. The maximum atomic E-state index is 13.6. The number of fused-ring (bicyclic) bond motifs is 1. The zero-order valence-electron chi connectivity index (χ0n) is 19.9. The fraction of sp³-hybridized carbons (Fsp3) is 0.286. The second kappa shape index (κ2) is 10.5. The molecule has 1 aliphatic carbocycles. The van der Waals surface area contributed by atoms with Gasteiger partial charge in [-0.15, -0.1) is 0 Å². The first-order valence-corrected chi connectivity index (χ1v) is 11.8. The first-order chi connectivity index (χ1) is 16.9. The summed E-state index contributed by atoms with van der Waals surface area (Å²) in [5, 5.41) is 2.84. The second-order valence-corrected chi connectivity index (χ2v) is 8.62. The van der Waals surface area contributed by atoms with Crippen molar-refractivity contribution in [2.45, 2.75) is 45.6 Å². The number of para-hydroxylation sites is 1. The number of ether oxygens (including phenoxy) is 1. The van der Waals surface area contributed by atoms with Crippen LogP contribution in [0.25, 0.3) is 5.69 Å². The van der Waals surface area contributed by atoms with Crippen molar-refractivity contribution in [2.24, 2.45) is 0 Å². The van der Waals surface area contributed by atoms with Crippen molar-refractivity contribution in [1.29, 1.82) is 0 Å². The summed E-state index contributed by atoms with van der Waals surface area (Å²) in [5.74, 6) is -1.19. The number of carbonyl (C=O) groups is 3. The van der Waals surface area contributed by atoms with E-state index in [0.29, 0.717) is 36.2 Å². The molecule has 7 nitrogen and oxygen atoms in total. The largest absolute Gasteiger partial charge is 0.466 e. The number of aromatic nitrogens is 1. The highest BCUT2D eigenvalue weighted by atomic mass is 16.5. The topological polar surface area (TPSA) is 94.5 Å². The summed E-state index contributed by atoms with van der Waals surface area (Å²) in [4.78, 5) is 52.0. The molecule has 1 aliphatic rings. The van der Waals surface area contributed by atoms with Crippen molar-refractivity contribution in [3.8, 4) is 5.69 Å². The van der Waals surface area contributed by atoms with Crippen molar-refractivity contribution in [1.82, 2.24) is 9.88 Å². The van der Waals surface area contributed by atoms with Crippen molar-refractivity contribution < 1.29 is 19.1 Å². The molecule has 1 atom stereocenters. The first-order valence-electron chi connectivity index (χ1n) is 11.8. The minimum atomic E-state index is -0.696. The maximum absolute atomic E-state index is 13.6. The lowest BCUT2D eigenvalue weighted by Crippen LogP contribution is -2.38. The smallest absolute Gasteiger partial charge is 0.308 e. The van der Waals surface area contributed by atoms with E-state index in [4.69, 9.17) is 4.74 Å². The Hall–Kier alpha value is -4.00. The van der Waals surface area contributed by atoms with Gasteiger partial charge in [-0.05, 0) is 50.5 Å². The molecule has 0 saturated heterocycles. The summed E-state index contributed by atoms with van der Waals surface area (Å²) in [6, 6.07) is 17.1. The lowest BCUT2D eigenvalue weighted by Gasteiger charge is -2.23. The van der Waals surface area contributed by atoms with E-state index in [9.17, 15) is 19.2 Å². The van der Waals surface area contributed by atoms with Crippen LogP contribution in [-0.2, 0) is 16.0 Å². The molecular weight excluding hydrogens is 444 g/mol. The molecule has 1 heterocycles. The fourth-order valence-electron chi connectivity index (χ4n) is 4.38. The Labute approximate surface area is 203 Å². The van der Waals surface area contributed by atoms with Crippen LogP contribution < -0.4 is 10.9 Å². The van der Waals surface area contributed by atoms with Gasteiger partial charge in [0.2, 0.25) is 0 Å². The normalized spacial score (nSPS) is 13.6. The number of nitrogens with zero attached hydrogens (tertiary/aromatic N) is 1. The van der Waals surface area contributed by atoms with Gasteiger partial charge in [0.15, 0.2) is 5.78 Å². The van der Waals surface area contributed by atoms with Crippen LogP contribution in [-0.4, -0.2) is 28.8 Å². The molecule has 0 saturated carbocycles. The quantitative estimate of drug-likeness (QED) is 0.523. The Kier molecular flexibility index (Phi) is 7.25. The Morgan fingerprint density at radius 2 is 1.74 bits per heavy atom. The van der Waals surface area contributed by atoms with Gasteiger partial charge in [0.1, 0.15) is 5.56 Å². The molecule has 0 aliphatic heterocycles. The van der Waals surface area contributed by atoms with Crippen LogP contribution in [0.4, 0.5) is 0 Å². The van der Waals surface area contributed by atoms with Gasteiger partial charge in [0.05, 0.1) is 19.1 Å². The molecule has 1 amide bonds. The molecule has 1 N–H and O–H groups in total. The van der Waals surface area contributed by atoms with E-state index in [0.717, 1.165) is 11.1 Å². The Bertz CT molecular complexity index is 1310. The number of esters is 1. The molecular formula is C28H28N2O5. The van der Waals surface area contributed by atoms with Crippen LogP contribution in [0.3, 0.4) is 0 Å². The van der Waals surface area contributed by atoms with E-state index in [1.165, 1.54) is 10.6 Å². The monoisotopic (exact) mass is 472 g/mol.